The summed E-state index contributed by atoms with van der Waals surface area (Å²) in [7, 11) is 0. The average Bonchev–Trinajstić information content (AvgIpc) is 1.88. The van der Waals surface area contributed by atoms with Crippen molar-refractivity contribution in [3.8, 4) is 0 Å². The maximum atomic E-state index is 10.5. The monoisotopic (exact) mass is 177 g/mol. The third-order valence-electron chi connectivity index (χ3n) is 1.02. The Bertz CT molecular complexity index is 207. The molecule has 0 saturated carbocycles. The molecule has 1 aromatic heterocycles. The van der Waals surface area contributed by atoms with Crippen LogP contribution in [-0.4, -0.2) is 0 Å². The number of rotatable bonds is 1. The van der Waals surface area contributed by atoms with E-state index in [-0.39, 0.29) is 12.4 Å². The summed E-state index contributed by atoms with van der Waals surface area (Å²) in [6, 6.07) is 3.57. The quantitative estimate of drug-likeness (QED) is 0.389. The highest BCUT2D eigenvalue weighted by Crippen LogP contribution is 1.96. The van der Waals surface area contributed by atoms with Gasteiger partial charge in [0.25, 0.3) is 0 Å². The molecule has 0 bridgehead atoms. The van der Waals surface area contributed by atoms with Crippen molar-refractivity contribution in [1.29, 1.82) is 0 Å². The highest BCUT2D eigenvalue weighted by atomic mass is 35.5. The van der Waals surface area contributed by atoms with Gasteiger partial charge >= 0.3 is 0 Å². The van der Waals surface area contributed by atoms with Crippen molar-refractivity contribution in [2.75, 3.05) is 0 Å². The molecule has 0 unspecified atom stereocenters. The van der Waals surface area contributed by atoms with Crippen molar-refractivity contribution >= 4 is 25.0 Å². The first kappa shape index (κ1) is 9.59. The van der Waals surface area contributed by atoms with Crippen LogP contribution in [0.15, 0.2) is 24.5 Å². The number of hydrogen-bond donors (Lipinski definition) is 1. The van der Waals surface area contributed by atoms with Gasteiger partial charge in [-0.1, -0.05) is 0 Å². The largest absolute Gasteiger partial charge is 0.619 e. The van der Waals surface area contributed by atoms with E-state index >= 15 is 0 Å². The lowest BCUT2D eigenvalue weighted by molar-refractivity contribution is -0.605. The highest BCUT2D eigenvalue weighted by Gasteiger charge is 1.90. The molecule has 0 aliphatic rings. The summed E-state index contributed by atoms with van der Waals surface area (Å²) in [5, 5.41) is 10.5. The predicted octanol–water partition coefficient (Wildman–Crippen LogP) is 1.17. The number of nitrogens with zero attached hydrogens (tertiary/aromatic N) is 1. The van der Waals surface area contributed by atoms with E-state index < -0.39 is 0 Å². The molecule has 0 saturated heterocycles. The summed E-state index contributed by atoms with van der Waals surface area (Å²) in [6.45, 7) is 0. The van der Waals surface area contributed by atoms with Crippen LogP contribution in [0.2, 0.25) is 0 Å². The first-order valence-corrected chi connectivity index (χ1v) is 3.25. The van der Waals surface area contributed by atoms with Crippen LogP contribution >= 0.6 is 25.0 Å². The predicted molar refractivity (Wildman–Crippen MR) is 45.3 cm³/mol. The van der Waals surface area contributed by atoms with Gasteiger partial charge in [0.2, 0.25) is 0 Å². The molecule has 0 atom stereocenters. The molecule has 0 aliphatic heterocycles. The maximum absolute atomic E-state index is 10.5. The van der Waals surface area contributed by atoms with Crippen LogP contribution in [0.4, 0.5) is 0 Å². The first-order chi connectivity index (χ1) is 4.33. The van der Waals surface area contributed by atoms with Gasteiger partial charge in [0.15, 0.2) is 12.4 Å². The van der Waals surface area contributed by atoms with E-state index in [9.17, 15) is 5.21 Å². The van der Waals surface area contributed by atoms with Gasteiger partial charge in [-0.3, -0.25) is 0 Å². The minimum Gasteiger partial charge on any atom is -0.619 e. The Labute approximate surface area is 71.3 Å². The molecule has 56 valence electrons. The van der Waals surface area contributed by atoms with Crippen molar-refractivity contribution in [3.05, 3.63) is 35.3 Å². The molecule has 0 N–H and O–H groups in total. The van der Waals surface area contributed by atoms with E-state index in [1.54, 1.807) is 6.07 Å². The molecular weight excluding hydrogens is 170 g/mol. The van der Waals surface area contributed by atoms with Crippen LogP contribution < -0.4 is 4.73 Å². The molecule has 0 aliphatic carbocycles. The number of pyridine rings is 1. The SMILES string of the molecule is Cl.[O-][n+]1cccc(CS)c1. The Morgan fingerprint density at radius 2 is 2.30 bits per heavy atom. The molecule has 1 rings (SSSR count). The lowest BCUT2D eigenvalue weighted by atomic mass is 10.3. The number of halogens is 1. The molecule has 0 fully saturated rings. The zero-order valence-electron chi connectivity index (χ0n) is 5.23. The fourth-order valence-electron chi connectivity index (χ4n) is 0.594. The third-order valence-corrected chi connectivity index (χ3v) is 1.38. The van der Waals surface area contributed by atoms with E-state index in [1.165, 1.54) is 12.4 Å². The van der Waals surface area contributed by atoms with Gasteiger partial charge in [0.05, 0.1) is 0 Å². The molecule has 1 aromatic rings. The fourth-order valence-corrected chi connectivity index (χ4v) is 0.782. The molecular formula is C6H8ClNOS. The second kappa shape index (κ2) is 4.41. The summed E-state index contributed by atoms with van der Waals surface area (Å²) < 4.78 is 0.769. The fraction of sp³-hybridized carbons (Fsp3) is 0.167. The first-order valence-electron chi connectivity index (χ1n) is 2.61. The van der Waals surface area contributed by atoms with Gasteiger partial charge in [-0.05, 0) is 6.07 Å². The third kappa shape index (κ3) is 2.45. The molecule has 0 aromatic carbocycles. The number of hydrogen-bond acceptors (Lipinski definition) is 2. The normalized spacial score (nSPS) is 8.50. The van der Waals surface area contributed by atoms with E-state index in [4.69, 9.17) is 0 Å². The Morgan fingerprint density at radius 3 is 2.70 bits per heavy atom. The van der Waals surface area contributed by atoms with Crippen molar-refractivity contribution in [1.82, 2.24) is 0 Å². The second-order valence-corrected chi connectivity index (χ2v) is 2.05. The van der Waals surface area contributed by atoms with Gasteiger partial charge in [-0.15, -0.1) is 12.4 Å². The van der Waals surface area contributed by atoms with Crippen LogP contribution in [0.5, 0.6) is 0 Å². The van der Waals surface area contributed by atoms with E-state index in [1.807, 2.05) is 6.07 Å². The zero-order valence-corrected chi connectivity index (χ0v) is 6.94. The average molecular weight is 178 g/mol. The molecule has 2 nitrogen and oxygen atoms in total. The number of thiol groups is 1. The van der Waals surface area contributed by atoms with Crippen LogP contribution in [0.25, 0.3) is 0 Å². The number of aromatic nitrogens is 1. The summed E-state index contributed by atoms with van der Waals surface area (Å²) in [5.74, 6) is 0.614. The molecule has 0 amide bonds. The summed E-state index contributed by atoms with van der Waals surface area (Å²) in [6.07, 6.45) is 2.96. The minimum absolute atomic E-state index is 0. The Morgan fingerprint density at radius 1 is 1.60 bits per heavy atom. The molecule has 0 radical (unpaired) electrons. The van der Waals surface area contributed by atoms with Crippen molar-refractivity contribution in [2.45, 2.75) is 5.75 Å². The van der Waals surface area contributed by atoms with Crippen LogP contribution in [-0.2, 0) is 5.75 Å². The van der Waals surface area contributed by atoms with Crippen LogP contribution in [0.1, 0.15) is 5.56 Å². The lowest BCUT2D eigenvalue weighted by Gasteiger charge is -1.95. The van der Waals surface area contributed by atoms with E-state index in [2.05, 4.69) is 12.6 Å². The molecule has 1 heterocycles. The standard InChI is InChI=1S/C6H7NOS.ClH/c8-7-3-1-2-6(4-7)5-9;/h1-4,9H,5H2;1H. The van der Waals surface area contributed by atoms with E-state index in [0.29, 0.717) is 5.75 Å². The summed E-state index contributed by atoms with van der Waals surface area (Å²) in [4.78, 5) is 0. The summed E-state index contributed by atoms with van der Waals surface area (Å²) >= 11 is 4.01. The van der Waals surface area contributed by atoms with E-state index in [0.717, 1.165) is 10.3 Å². The Hall–Kier alpha value is -0.410. The van der Waals surface area contributed by atoms with Gasteiger partial charge in [-0.2, -0.15) is 17.4 Å². The second-order valence-electron chi connectivity index (χ2n) is 1.73. The van der Waals surface area contributed by atoms with Crippen molar-refractivity contribution in [3.63, 3.8) is 0 Å². The topological polar surface area (TPSA) is 26.9 Å². The van der Waals surface area contributed by atoms with Crippen molar-refractivity contribution < 1.29 is 4.73 Å². The van der Waals surface area contributed by atoms with Crippen LogP contribution in [0.3, 0.4) is 0 Å². The zero-order chi connectivity index (χ0) is 6.69. The van der Waals surface area contributed by atoms with Gasteiger partial charge in [0.1, 0.15) is 0 Å². The maximum Gasteiger partial charge on any atom is 0.184 e. The Balaban J connectivity index is 0.000000810. The smallest absolute Gasteiger partial charge is 0.184 e. The minimum atomic E-state index is 0. The van der Waals surface area contributed by atoms with Gasteiger partial charge in [-0.25, -0.2) is 0 Å². The van der Waals surface area contributed by atoms with Crippen LogP contribution in [0, 0.1) is 5.21 Å². The molecule has 4 heteroatoms. The Kier molecular flexibility index (Phi) is 4.23. The molecule has 0 spiro atoms. The highest BCUT2D eigenvalue weighted by molar-refractivity contribution is 7.79. The van der Waals surface area contributed by atoms with Gasteiger partial charge < -0.3 is 5.21 Å². The van der Waals surface area contributed by atoms with Crippen molar-refractivity contribution in [2.24, 2.45) is 0 Å². The van der Waals surface area contributed by atoms with Gasteiger partial charge in [0, 0.05) is 17.4 Å². The molecule has 10 heavy (non-hydrogen) atoms. The summed E-state index contributed by atoms with van der Waals surface area (Å²) in [5.41, 5.74) is 0.941. The lowest BCUT2D eigenvalue weighted by Crippen LogP contribution is -2.24.